The number of methoxy groups -OCH3 is 2. The molecule has 1 N–H and O–H groups in total. The van der Waals surface area contributed by atoms with Gasteiger partial charge in [-0.3, -0.25) is 4.79 Å². The highest BCUT2D eigenvalue weighted by atomic mass is 16.5. The number of carbonyl (C=O) groups is 2. The molecule has 0 bridgehead atoms. The molecule has 0 spiro atoms. The molecular weight excluding hydrogens is 346 g/mol. The van der Waals surface area contributed by atoms with Crippen LogP contribution in [0.2, 0.25) is 0 Å². The van der Waals surface area contributed by atoms with Crippen molar-refractivity contribution >= 4 is 23.6 Å². The Hall–Kier alpha value is -3.28. The van der Waals surface area contributed by atoms with E-state index in [1.807, 2.05) is 19.1 Å². The predicted molar refractivity (Wildman–Crippen MR) is 104 cm³/mol. The van der Waals surface area contributed by atoms with Crippen LogP contribution in [0.25, 0.3) is 6.08 Å². The minimum atomic E-state index is -0.922. The molecule has 1 atom stereocenters. The van der Waals surface area contributed by atoms with Crippen molar-refractivity contribution in [3.05, 3.63) is 59.7 Å². The van der Waals surface area contributed by atoms with Crippen molar-refractivity contribution in [3.8, 4) is 11.5 Å². The molecule has 6 heteroatoms. The molecular formula is C21H23NO5. The van der Waals surface area contributed by atoms with E-state index in [4.69, 9.17) is 14.2 Å². The van der Waals surface area contributed by atoms with Crippen LogP contribution in [0.4, 0.5) is 5.69 Å². The van der Waals surface area contributed by atoms with Gasteiger partial charge in [0.15, 0.2) is 17.6 Å². The Morgan fingerprint density at radius 3 is 2.30 bits per heavy atom. The van der Waals surface area contributed by atoms with Crippen LogP contribution in [0.3, 0.4) is 0 Å². The molecule has 0 aliphatic heterocycles. The number of hydrogen-bond donors (Lipinski definition) is 1. The third-order valence-corrected chi connectivity index (χ3v) is 3.80. The van der Waals surface area contributed by atoms with Crippen LogP contribution in [-0.4, -0.2) is 32.2 Å². The summed E-state index contributed by atoms with van der Waals surface area (Å²) < 4.78 is 15.5. The summed E-state index contributed by atoms with van der Waals surface area (Å²) in [5.41, 5.74) is 2.48. The number of esters is 1. The highest BCUT2D eigenvalue weighted by Crippen LogP contribution is 2.27. The Morgan fingerprint density at radius 2 is 1.67 bits per heavy atom. The first-order chi connectivity index (χ1) is 12.9. The molecule has 0 saturated carbocycles. The van der Waals surface area contributed by atoms with Gasteiger partial charge in [0.2, 0.25) is 0 Å². The second-order valence-corrected chi connectivity index (χ2v) is 5.88. The van der Waals surface area contributed by atoms with Crippen LogP contribution in [0.15, 0.2) is 48.5 Å². The maximum atomic E-state index is 12.1. The molecule has 0 aliphatic rings. The summed E-state index contributed by atoms with van der Waals surface area (Å²) in [5.74, 6) is 0.139. The fourth-order valence-electron chi connectivity index (χ4n) is 2.27. The van der Waals surface area contributed by atoms with E-state index in [-0.39, 0.29) is 0 Å². The van der Waals surface area contributed by atoms with Crippen molar-refractivity contribution in [2.75, 3.05) is 19.5 Å². The quantitative estimate of drug-likeness (QED) is 0.596. The van der Waals surface area contributed by atoms with Gasteiger partial charge in [-0.25, -0.2) is 4.79 Å². The van der Waals surface area contributed by atoms with E-state index < -0.39 is 18.0 Å². The molecule has 142 valence electrons. The van der Waals surface area contributed by atoms with Gasteiger partial charge >= 0.3 is 5.97 Å². The van der Waals surface area contributed by atoms with Gasteiger partial charge in [-0.05, 0) is 49.8 Å². The smallest absolute Gasteiger partial charge is 0.331 e. The van der Waals surface area contributed by atoms with Crippen LogP contribution >= 0.6 is 0 Å². The highest BCUT2D eigenvalue weighted by molar-refractivity contribution is 5.96. The van der Waals surface area contributed by atoms with E-state index in [0.717, 1.165) is 11.1 Å². The first-order valence-corrected chi connectivity index (χ1v) is 8.41. The first-order valence-electron chi connectivity index (χ1n) is 8.41. The van der Waals surface area contributed by atoms with Crippen molar-refractivity contribution in [2.24, 2.45) is 0 Å². The van der Waals surface area contributed by atoms with Crippen molar-refractivity contribution in [1.29, 1.82) is 0 Å². The van der Waals surface area contributed by atoms with Gasteiger partial charge in [0.25, 0.3) is 5.91 Å². The summed E-state index contributed by atoms with van der Waals surface area (Å²) in [6, 6.07) is 12.6. The minimum Gasteiger partial charge on any atom is -0.493 e. The fraction of sp³-hybridized carbons (Fsp3) is 0.238. The van der Waals surface area contributed by atoms with Crippen molar-refractivity contribution < 1.29 is 23.8 Å². The minimum absolute atomic E-state index is 0.397. The van der Waals surface area contributed by atoms with E-state index in [9.17, 15) is 9.59 Å². The Bertz CT molecular complexity index is 827. The molecule has 2 rings (SSSR count). The Labute approximate surface area is 158 Å². The molecule has 2 aromatic rings. The van der Waals surface area contributed by atoms with E-state index >= 15 is 0 Å². The predicted octanol–water partition coefficient (Wildman–Crippen LogP) is 3.60. The van der Waals surface area contributed by atoms with Gasteiger partial charge in [-0.2, -0.15) is 0 Å². The zero-order valence-electron chi connectivity index (χ0n) is 15.8. The third kappa shape index (κ3) is 5.88. The maximum Gasteiger partial charge on any atom is 0.331 e. The number of rotatable bonds is 7. The zero-order valence-corrected chi connectivity index (χ0v) is 15.8. The maximum absolute atomic E-state index is 12.1. The van der Waals surface area contributed by atoms with Gasteiger partial charge < -0.3 is 19.5 Å². The van der Waals surface area contributed by atoms with Gasteiger partial charge in [0, 0.05) is 11.8 Å². The summed E-state index contributed by atoms with van der Waals surface area (Å²) in [6.07, 6.45) is 1.92. The molecule has 0 heterocycles. The van der Waals surface area contributed by atoms with Crippen LogP contribution in [0.5, 0.6) is 11.5 Å². The molecule has 2 aromatic carbocycles. The second-order valence-electron chi connectivity index (χ2n) is 5.88. The topological polar surface area (TPSA) is 73.9 Å². The lowest BCUT2D eigenvalue weighted by molar-refractivity contribution is -0.148. The lowest BCUT2D eigenvalue weighted by Crippen LogP contribution is -2.29. The number of ether oxygens (including phenoxy) is 3. The first kappa shape index (κ1) is 20.0. The highest BCUT2D eigenvalue weighted by Gasteiger charge is 2.16. The molecule has 0 aliphatic carbocycles. The standard InChI is InChI=1S/C21H23NO5/c1-14-5-9-17(10-6-14)22-21(24)15(2)27-20(23)12-8-16-7-11-18(25-3)19(13-16)26-4/h5-13,15H,1-4H3,(H,22,24). The molecule has 27 heavy (non-hydrogen) atoms. The van der Waals surface area contributed by atoms with Gasteiger partial charge in [-0.1, -0.05) is 23.8 Å². The molecule has 0 fully saturated rings. The van der Waals surface area contributed by atoms with Crippen LogP contribution in [0, 0.1) is 6.92 Å². The molecule has 0 radical (unpaired) electrons. The van der Waals surface area contributed by atoms with E-state index in [0.29, 0.717) is 17.2 Å². The van der Waals surface area contributed by atoms with E-state index in [1.54, 1.807) is 43.5 Å². The number of aryl methyl sites for hydroxylation is 1. The second kappa shape index (κ2) is 9.43. The number of benzene rings is 2. The Kier molecular flexibility index (Phi) is 7.00. The van der Waals surface area contributed by atoms with Crippen LogP contribution in [-0.2, 0) is 14.3 Å². The van der Waals surface area contributed by atoms with Gasteiger partial charge in [0.05, 0.1) is 14.2 Å². The largest absolute Gasteiger partial charge is 0.493 e. The number of carbonyl (C=O) groups excluding carboxylic acids is 2. The summed E-state index contributed by atoms with van der Waals surface area (Å²) in [7, 11) is 3.09. The Balaban J connectivity index is 1.93. The zero-order chi connectivity index (χ0) is 19.8. The normalized spacial score (nSPS) is 11.7. The summed E-state index contributed by atoms with van der Waals surface area (Å²) in [5, 5.41) is 2.71. The average molecular weight is 369 g/mol. The average Bonchev–Trinajstić information content (AvgIpc) is 2.67. The lowest BCUT2D eigenvalue weighted by atomic mass is 10.2. The van der Waals surface area contributed by atoms with Crippen molar-refractivity contribution in [1.82, 2.24) is 0 Å². The number of nitrogens with one attached hydrogen (secondary N) is 1. The Morgan fingerprint density at radius 1 is 1.00 bits per heavy atom. The molecule has 0 saturated heterocycles. The van der Waals surface area contributed by atoms with E-state index in [1.165, 1.54) is 20.1 Å². The number of hydrogen-bond acceptors (Lipinski definition) is 5. The van der Waals surface area contributed by atoms with Crippen LogP contribution < -0.4 is 14.8 Å². The van der Waals surface area contributed by atoms with Crippen molar-refractivity contribution in [3.63, 3.8) is 0 Å². The summed E-state index contributed by atoms with van der Waals surface area (Å²) in [6.45, 7) is 3.48. The molecule has 6 nitrogen and oxygen atoms in total. The van der Waals surface area contributed by atoms with Crippen LogP contribution in [0.1, 0.15) is 18.1 Å². The summed E-state index contributed by atoms with van der Waals surface area (Å²) in [4.78, 5) is 24.1. The third-order valence-electron chi connectivity index (χ3n) is 3.80. The fourth-order valence-corrected chi connectivity index (χ4v) is 2.27. The number of anilines is 1. The number of amides is 1. The lowest BCUT2D eigenvalue weighted by Gasteiger charge is -2.12. The molecule has 1 amide bonds. The monoisotopic (exact) mass is 369 g/mol. The summed E-state index contributed by atoms with van der Waals surface area (Å²) >= 11 is 0. The molecule has 1 unspecified atom stereocenters. The molecule has 0 aromatic heterocycles. The van der Waals surface area contributed by atoms with Gasteiger partial charge in [0.1, 0.15) is 0 Å². The van der Waals surface area contributed by atoms with Gasteiger partial charge in [-0.15, -0.1) is 0 Å². The van der Waals surface area contributed by atoms with Crippen molar-refractivity contribution in [2.45, 2.75) is 20.0 Å². The SMILES string of the molecule is COc1ccc(C=CC(=O)OC(C)C(=O)Nc2ccc(C)cc2)cc1OC. The van der Waals surface area contributed by atoms with E-state index in [2.05, 4.69) is 5.32 Å².